The van der Waals surface area contributed by atoms with Crippen LogP contribution in [0.1, 0.15) is 80.5 Å². The van der Waals surface area contributed by atoms with E-state index in [1.807, 2.05) is 0 Å². The molecule has 0 saturated heterocycles. The van der Waals surface area contributed by atoms with Gasteiger partial charge in [-0.15, -0.1) is 0 Å². The zero-order chi connectivity index (χ0) is 17.3. The smallest absolute Gasteiger partial charge is 0.00137 e. The van der Waals surface area contributed by atoms with Crippen molar-refractivity contribution in [3.63, 3.8) is 0 Å². The molecular formula is C25H32. The van der Waals surface area contributed by atoms with Gasteiger partial charge >= 0.3 is 0 Å². The van der Waals surface area contributed by atoms with Crippen LogP contribution in [0.25, 0.3) is 11.6 Å². The topological polar surface area (TPSA) is 0 Å². The standard InChI is InChI=1S/C25H32/c1-2-3-4-5-6-7-8-9-12-21-15-17-22(18-16-21)25-19-23-13-10-11-14-24(23)20-25/h10-11,13-19H,2-9,12,20H2,1H3. The third-order valence-corrected chi connectivity index (χ3v) is 5.41. The predicted molar refractivity (Wildman–Crippen MR) is 111 cm³/mol. The predicted octanol–water partition coefficient (Wildman–Crippen LogP) is 7.47. The Bertz CT molecular complexity index is 675. The summed E-state index contributed by atoms with van der Waals surface area (Å²) in [5.41, 5.74) is 7.18. The molecule has 0 spiro atoms. The van der Waals surface area contributed by atoms with Crippen molar-refractivity contribution in [1.82, 2.24) is 0 Å². The largest absolute Gasteiger partial charge is 0.0654 e. The minimum Gasteiger partial charge on any atom is -0.0654 e. The molecule has 0 heterocycles. The summed E-state index contributed by atoms with van der Waals surface area (Å²) in [6, 6.07) is 18.0. The molecule has 0 atom stereocenters. The second kappa shape index (κ2) is 9.61. The molecule has 0 aromatic heterocycles. The van der Waals surface area contributed by atoms with Gasteiger partial charge in [0.2, 0.25) is 0 Å². The first kappa shape index (κ1) is 18.0. The molecular weight excluding hydrogens is 300 g/mol. The van der Waals surface area contributed by atoms with Gasteiger partial charge in [0.1, 0.15) is 0 Å². The first-order chi connectivity index (χ1) is 12.4. The van der Waals surface area contributed by atoms with E-state index in [9.17, 15) is 0 Å². The van der Waals surface area contributed by atoms with Crippen molar-refractivity contribution in [1.29, 1.82) is 0 Å². The average Bonchev–Trinajstić information content (AvgIpc) is 3.08. The molecule has 3 rings (SSSR count). The zero-order valence-electron chi connectivity index (χ0n) is 15.8. The molecule has 0 unspecified atom stereocenters. The molecule has 0 nitrogen and oxygen atoms in total. The molecule has 0 heteroatoms. The van der Waals surface area contributed by atoms with Crippen molar-refractivity contribution in [2.75, 3.05) is 0 Å². The molecule has 2 aromatic rings. The van der Waals surface area contributed by atoms with E-state index >= 15 is 0 Å². The van der Waals surface area contributed by atoms with Crippen LogP contribution in [0.4, 0.5) is 0 Å². The monoisotopic (exact) mass is 332 g/mol. The Morgan fingerprint density at radius 2 is 1.40 bits per heavy atom. The van der Waals surface area contributed by atoms with E-state index in [1.165, 1.54) is 85.6 Å². The van der Waals surface area contributed by atoms with Gasteiger partial charge in [-0.1, -0.05) is 106 Å². The number of hydrogen-bond donors (Lipinski definition) is 0. The summed E-state index contributed by atoms with van der Waals surface area (Å²) in [7, 11) is 0. The van der Waals surface area contributed by atoms with Crippen molar-refractivity contribution in [3.8, 4) is 0 Å². The SMILES string of the molecule is CCCCCCCCCCc1ccc(C2=Cc3ccccc3C2)cc1. The number of unbranched alkanes of at least 4 members (excludes halogenated alkanes) is 7. The Balaban J connectivity index is 1.40. The fraction of sp³-hybridized carbons (Fsp3) is 0.440. The van der Waals surface area contributed by atoms with Crippen molar-refractivity contribution in [2.45, 2.75) is 71.1 Å². The van der Waals surface area contributed by atoms with Crippen LogP contribution in [-0.4, -0.2) is 0 Å². The minimum absolute atomic E-state index is 1.08. The van der Waals surface area contributed by atoms with E-state index < -0.39 is 0 Å². The van der Waals surface area contributed by atoms with Crippen LogP contribution in [0, 0.1) is 0 Å². The number of allylic oxidation sites excluding steroid dienone is 1. The third kappa shape index (κ3) is 5.33. The lowest BCUT2D eigenvalue weighted by Gasteiger charge is -2.06. The van der Waals surface area contributed by atoms with Crippen LogP contribution >= 0.6 is 0 Å². The van der Waals surface area contributed by atoms with Crippen LogP contribution in [0.5, 0.6) is 0 Å². The zero-order valence-corrected chi connectivity index (χ0v) is 15.8. The molecule has 1 aliphatic rings. The third-order valence-electron chi connectivity index (χ3n) is 5.41. The first-order valence-corrected chi connectivity index (χ1v) is 10.2. The van der Waals surface area contributed by atoms with Gasteiger partial charge in [-0.05, 0) is 47.1 Å². The van der Waals surface area contributed by atoms with Gasteiger partial charge in [-0.3, -0.25) is 0 Å². The van der Waals surface area contributed by atoms with Gasteiger partial charge in [-0.25, -0.2) is 0 Å². The highest BCUT2D eigenvalue weighted by Crippen LogP contribution is 2.31. The highest BCUT2D eigenvalue weighted by Gasteiger charge is 2.13. The highest BCUT2D eigenvalue weighted by atomic mass is 14.2. The molecule has 0 fully saturated rings. The summed E-state index contributed by atoms with van der Waals surface area (Å²) in [4.78, 5) is 0. The van der Waals surface area contributed by atoms with Crippen LogP contribution in [-0.2, 0) is 12.8 Å². The van der Waals surface area contributed by atoms with Gasteiger partial charge in [0.25, 0.3) is 0 Å². The summed E-state index contributed by atoms with van der Waals surface area (Å²) < 4.78 is 0. The Morgan fingerprint density at radius 1 is 0.720 bits per heavy atom. The molecule has 25 heavy (non-hydrogen) atoms. The molecule has 1 aliphatic carbocycles. The number of benzene rings is 2. The first-order valence-electron chi connectivity index (χ1n) is 10.2. The molecule has 0 aliphatic heterocycles. The van der Waals surface area contributed by atoms with Gasteiger partial charge in [0.15, 0.2) is 0 Å². The fourth-order valence-electron chi connectivity index (χ4n) is 3.81. The average molecular weight is 333 g/mol. The van der Waals surface area contributed by atoms with E-state index in [4.69, 9.17) is 0 Å². The van der Waals surface area contributed by atoms with E-state index in [0.29, 0.717) is 0 Å². The highest BCUT2D eigenvalue weighted by molar-refractivity contribution is 5.88. The van der Waals surface area contributed by atoms with Crippen LogP contribution in [0.3, 0.4) is 0 Å². The Kier molecular flexibility index (Phi) is 6.91. The van der Waals surface area contributed by atoms with Gasteiger partial charge in [-0.2, -0.15) is 0 Å². The Labute approximate surface area is 154 Å². The second-order valence-electron chi connectivity index (χ2n) is 7.47. The Hall–Kier alpha value is -1.82. The summed E-state index contributed by atoms with van der Waals surface area (Å²) in [5.74, 6) is 0. The summed E-state index contributed by atoms with van der Waals surface area (Å²) in [6.45, 7) is 2.29. The quantitative estimate of drug-likeness (QED) is 0.396. The lowest BCUT2D eigenvalue weighted by atomic mass is 9.99. The fourth-order valence-corrected chi connectivity index (χ4v) is 3.81. The van der Waals surface area contributed by atoms with E-state index in [1.54, 1.807) is 0 Å². The lowest BCUT2D eigenvalue weighted by Crippen LogP contribution is -1.89. The van der Waals surface area contributed by atoms with Crippen molar-refractivity contribution in [3.05, 3.63) is 70.8 Å². The number of rotatable bonds is 10. The van der Waals surface area contributed by atoms with Gasteiger partial charge in [0, 0.05) is 0 Å². The molecule has 0 radical (unpaired) electrons. The van der Waals surface area contributed by atoms with Gasteiger partial charge < -0.3 is 0 Å². The van der Waals surface area contributed by atoms with Crippen LogP contribution < -0.4 is 0 Å². The van der Waals surface area contributed by atoms with Crippen molar-refractivity contribution >= 4 is 11.6 Å². The summed E-state index contributed by atoms with van der Waals surface area (Å²) in [6.07, 6.45) is 15.8. The molecule has 0 N–H and O–H groups in total. The van der Waals surface area contributed by atoms with Gasteiger partial charge in [0.05, 0.1) is 0 Å². The molecule has 0 saturated carbocycles. The Morgan fingerprint density at radius 3 is 2.12 bits per heavy atom. The normalized spacial score (nSPS) is 12.9. The molecule has 2 aromatic carbocycles. The van der Waals surface area contributed by atoms with Crippen LogP contribution in [0.15, 0.2) is 48.5 Å². The molecule has 132 valence electrons. The summed E-state index contributed by atoms with van der Waals surface area (Å²) in [5, 5.41) is 0. The van der Waals surface area contributed by atoms with Crippen molar-refractivity contribution < 1.29 is 0 Å². The van der Waals surface area contributed by atoms with E-state index in [-0.39, 0.29) is 0 Å². The maximum Gasteiger partial charge on any atom is -0.00137 e. The maximum atomic E-state index is 2.35. The maximum absolute atomic E-state index is 2.35. The molecule has 0 bridgehead atoms. The molecule has 0 amide bonds. The number of fused-ring (bicyclic) bond motifs is 1. The number of aryl methyl sites for hydroxylation is 1. The number of hydrogen-bond acceptors (Lipinski definition) is 0. The lowest BCUT2D eigenvalue weighted by molar-refractivity contribution is 0.575. The minimum atomic E-state index is 1.08. The van der Waals surface area contributed by atoms with Crippen molar-refractivity contribution in [2.24, 2.45) is 0 Å². The van der Waals surface area contributed by atoms with E-state index in [2.05, 4.69) is 61.5 Å². The second-order valence-corrected chi connectivity index (χ2v) is 7.47. The van der Waals surface area contributed by atoms with E-state index in [0.717, 1.165) is 6.42 Å². The summed E-state index contributed by atoms with van der Waals surface area (Å²) >= 11 is 0. The van der Waals surface area contributed by atoms with Crippen LogP contribution in [0.2, 0.25) is 0 Å².